The Bertz CT molecular complexity index is 1080. The van der Waals surface area contributed by atoms with Gasteiger partial charge in [-0.05, 0) is 55.5 Å². The van der Waals surface area contributed by atoms with Crippen LogP contribution in [0.4, 0.5) is 5.69 Å². The molecule has 0 saturated heterocycles. The zero-order chi connectivity index (χ0) is 23.5. The predicted octanol–water partition coefficient (Wildman–Crippen LogP) is 4.27. The SMILES string of the molecule is CN(Cc1ccc2c(c1)OOC2)C(=O)c1cc(Cl)ccc1NC(=O)[C@H]1CC[C@H](C(=O)O)CC1. The predicted molar refractivity (Wildman–Crippen MR) is 121 cm³/mol. The number of fused-ring (bicyclic) bond motifs is 1. The second-order valence-electron chi connectivity index (χ2n) is 8.51. The number of amides is 2. The number of carboxylic acid groups (broad SMARTS) is 1. The summed E-state index contributed by atoms with van der Waals surface area (Å²) in [6, 6.07) is 10.4. The maximum atomic E-state index is 13.2. The van der Waals surface area contributed by atoms with E-state index in [1.54, 1.807) is 19.2 Å². The number of carboxylic acids is 1. The fraction of sp³-hybridized carbons (Fsp3) is 0.375. The molecule has 1 aliphatic carbocycles. The summed E-state index contributed by atoms with van der Waals surface area (Å²) in [4.78, 5) is 48.8. The van der Waals surface area contributed by atoms with Gasteiger partial charge in [-0.3, -0.25) is 14.4 Å². The number of carbonyl (C=O) groups is 3. The summed E-state index contributed by atoms with van der Waals surface area (Å²) in [5.74, 6) is -1.36. The topological polar surface area (TPSA) is 105 Å². The molecule has 33 heavy (non-hydrogen) atoms. The normalized spacial score (nSPS) is 19.3. The molecule has 8 nitrogen and oxygen atoms in total. The standard InChI is InChI=1S/C24H25ClN2O6/c1-27(12-14-2-3-17-13-32-33-21(17)10-14)23(29)19-11-18(25)8-9-20(19)26-22(28)15-4-6-16(7-5-15)24(30)31/h2-3,8-11,15-16H,4-7,12-13H2,1H3,(H,26,28)(H,30,31)/t15-,16-. The average Bonchev–Trinajstić information content (AvgIpc) is 3.27. The van der Waals surface area contributed by atoms with Gasteiger partial charge in [-0.1, -0.05) is 23.7 Å². The number of aliphatic carboxylic acids is 1. The Labute approximate surface area is 196 Å². The molecule has 2 aromatic rings. The van der Waals surface area contributed by atoms with Crippen LogP contribution in [0.1, 0.15) is 47.2 Å². The maximum absolute atomic E-state index is 13.2. The number of hydrogen-bond donors (Lipinski definition) is 2. The molecule has 2 aromatic carbocycles. The molecule has 1 fully saturated rings. The largest absolute Gasteiger partial charge is 0.481 e. The highest BCUT2D eigenvalue weighted by atomic mass is 35.5. The highest BCUT2D eigenvalue weighted by molar-refractivity contribution is 6.31. The van der Waals surface area contributed by atoms with Crippen LogP contribution in [0, 0.1) is 11.8 Å². The van der Waals surface area contributed by atoms with Crippen LogP contribution >= 0.6 is 11.6 Å². The van der Waals surface area contributed by atoms with Crippen molar-refractivity contribution >= 4 is 35.1 Å². The van der Waals surface area contributed by atoms with E-state index in [-0.39, 0.29) is 17.7 Å². The smallest absolute Gasteiger partial charge is 0.306 e. The Morgan fingerprint density at radius 3 is 2.55 bits per heavy atom. The molecule has 0 bridgehead atoms. The summed E-state index contributed by atoms with van der Waals surface area (Å²) >= 11 is 6.15. The Balaban J connectivity index is 1.45. The molecule has 0 spiro atoms. The first-order chi connectivity index (χ1) is 15.8. The summed E-state index contributed by atoms with van der Waals surface area (Å²) in [5.41, 5.74) is 2.49. The van der Waals surface area contributed by atoms with Crippen LogP contribution < -0.4 is 10.2 Å². The minimum Gasteiger partial charge on any atom is -0.481 e. The molecule has 0 unspecified atom stereocenters. The quantitative estimate of drug-likeness (QED) is 0.608. The summed E-state index contributed by atoms with van der Waals surface area (Å²) in [5, 5.41) is 12.4. The number of halogens is 1. The van der Waals surface area contributed by atoms with E-state index >= 15 is 0 Å². The molecule has 174 valence electrons. The minimum absolute atomic E-state index is 0.214. The lowest BCUT2D eigenvalue weighted by Crippen LogP contribution is -2.31. The third kappa shape index (κ3) is 5.29. The molecule has 1 heterocycles. The molecule has 0 aromatic heterocycles. The van der Waals surface area contributed by atoms with Gasteiger partial charge >= 0.3 is 5.97 Å². The Morgan fingerprint density at radius 2 is 1.82 bits per heavy atom. The molecule has 4 rings (SSSR count). The fourth-order valence-corrected chi connectivity index (χ4v) is 4.41. The Hall–Kier alpha value is -3.10. The minimum atomic E-state index is -0.815. The van der Waals surface area contributed by atoms with Crippen molar-refractivity contribution in [2.45, 2.75) is 38.8 Å². The van der Waals surface area contributed by atoms with Crippen molar-refractivity contribution in [3.05, 3.63) is 58.1 Å². The molecule has 0 atom stereocenters. The Morgan fingerprint density at radius 1 is 1.09 bits per heavy atom. The van der Waals surface area contributed by atoms with E-state index in [9.17, 15) is 14.4 Å². The van der Waals surface area contributed by atoms with Crippen LogP contribution in [0.15, 0.2) is 36.4 Å². The Kier molecular flexibility index (Phi) is 6.85. The molecule has 9 heteroatoms. The molecular weight excluding hydrogens is 448 g/mol. The molecule has 0 radical (unpaired) electrons. The molecule has 2 N–H and O–H groups in total. The van der Waals surface area contributed by atoms with Gasteiger partial charge in [0.1, 0.15) is 6.61 Å². The van der Waals surface area contributed by atoms with Gasteiger partial charge in [-0.15, -0.1) is 0 Å². The highest BCUT2D eigenvalue weighted by Crippen LogP contribution is 2.31. The zero-order valence-electron chi connectivity index (χ0n) is 18.2. The fourth-order valence-electron chi connectivity index (χ4n) is 4.24. The van der Waals surface area contributed by atoms with E-state index in [0.29, 0.717) is 60.9 Å². The lowest BCUT2D eigenvalue weighted by atomic mass is 9.81. The van der Waals surface area contributed by atoms with Gasteiger partial charge in [0.15, 0.2) is 5.75 Å². The first-order valence-electron chi connectivity index (χ1n) is 10.8. The van der Waals surface area contributed by atoms with E-state index in [1.807, 2.05) is 18.2 Å². The summed E-state index contributed by atoms with van der Waals surface area (Å²) in [7, 11) is 1.67. The number of anilines is 1. The monoisotopic (exact) mass is 472 g/mol. The van der Waals surface area contributed by atoms with E-state index in [0.717, 1.165) is 11.1 Å². The summed E-state index contributed by atoms with van der Waals surface area (Å²) < 4.78 is 0. The van der Waals surface area contributed by atoms with Gasteiger partial charge in [0.25, 0.3) is 5.91 Å². The van der Waals surface area contributed by atoms with Crippen molar-refractivity contribution in [1.82, 2.24) is 4.90 Å². The van der Waals surface area contributed by atoms with Crippen LogP contribution in [0.25, 0.3) is 0 Å². The van der Waals surface area contributed by atoms with Crippen LogP contribution in [-0.4, -0.2) is 34.8 Å². The van der Waals surface area contributed by atoms with Crippen molar-refractivity contribution in [2.24, 2.45) is 11.8 Å². The van der Waals surface area contributed by atoms with E-state index in [4.69, 9.17) is 26.5 Å². The summed E-state index contributed by atoms with van der Waals surface area (Å²) in [6.07, 6.45) is 1.95. The molecular formula is C24H25ClN2O6. The van der Waals surface area contributed by atoms with E-state index < -0.39 is 11.9 Å². The zero-order valence-corrected chi connectivity index (χ0v) is 18.9. The maximum Gasteiger partial charge on any atom is 0.306 e. The second kappa shape index (κ2) is 9.80. The van der Waals surface area contributed by atoms with E-state index in [2.05, 4.69) is 5.32 Å². The third-order valence-corrected chi connectivity index (χ3v) is 6.41. The average molecular weight is 473 g/mol. The first kappa shape index (κ1) is 23.1. The van der Waals surface area contributed by atoms with Crippen LogP contribution in [-0.2, 0) is 27.6 Å². The molecule has 2 aliphatic rings. The second-order valence-corrected chi connectivity index (χ2v) is 8.95. The number of carbonyl (C=O) groups excluding carboxylic acids is 2. The van der Waals surface area contributed by atoms with Gasteiger partial charge in [0, 0.05) is 30.1 Å². The lowest BCUT2D eigenvalue weighted by molar-refractivity contribution is -0.194. The van der Waals surface area contributed by atoms with Crippen molar-refractivity contribution in [2.75, 3.05) is 12.4 Å². The number of benzene rings is 2. The van der Waals surface area contributed by atoms with Crippen LogP contribution in [0.2, 0.25) is 5.02 Å². The number of rotatable bonds is 6. The third-order valence-electron chi connectivity index (χ3n) is 6.18. The highest BCUT2D eigenvalue weighted by Gasteiger charge is 2.30. The van der Waals surface area contributed by atoms with Crippen LogP contribution in [0.5, 0.6) is 5.75 Å². The van der Waals surface area contributed by atoms with E-state index in [1.165, 1.54) is 11.0 Å². The molecule has 2 amide bonds. The lowest BCUT2D eigenvalue weighted by Gasteiger charge is -2.26. The van der Waals surface area contributed by atoms with Crippen LogP contribution in [0.3, 0.4) is 0 Å². The van der Waals surface area contributed by atoms with Gasteiger partial charge in [-0.25, -0.2) is 0 Å². The number of nitrogens with one attached hydrogen (secondary N) is 1. The molecule has 1 aliphatic heterocycles. The number of nitrogens with zero attached hydrogens (tertiary/aromatic N) is 1. The van der Waals surface area contributed by atoms with Gasteiger partial charge in [0.05, 0.1) is 17.2 Å². The summed E-state index contributed by atoms with van der Waals surface area (Å²) in [6.45, 7) is 0.725. The van der Waals surface area contributed by atoms with Crippen molar-refractivity contribution < 1.29 is 29.3 Å². The van der Waals surface area contributed by atoms with Crippen molar-refractivity contribution in [1.29, 1.82) is 0 Å². The molecule has 1 saturated carbocycles. The van der Waals surface area contributed by atoms with Gasteiger partial charge in [-0.2, -0.15) is 4.89 Å². The van der Waals surface area contributed by atoms with Crippen molar-refractivity contribution in [3.63, 3.8) is 0 Å². The van der Waals surface area contributed by atoms with Gasteiger partial charge in [0.2, 0.25) is 5.91 Å². The van der Waals surface area contributed by atoms with Gasteiger partial charge < -0.3 is 20.2 Å². The van der Waals surface area contributed by atoms with Crippen molar-refractivity contribution in [3.8, 4) is 5.75 Å². The first-order valence-corrected chi connectivity index (χ1v) is 11.2. The number of hydrogen-bond acceptors (Lipinski definition) is 5.